The van der Waals surface area contributed by atoms with E-state index in [-0.39, 0.29) is 0 Å². The molecule has 0 fully saturated rings. The monoisotopic (exact) mass is 943 g/mol. The first-order chi connectivity index (χ1) is 36.7. The van der Waals surface area contributed by atoms with Gasteiger partial charge >= 0.3 is 0 Å². The fourth-order valence-corrected chi connectivity index (χ4v) is 10.9. The molecule has 0 N–H and O–H groups in total. The molecule has 3 heterocycles. The Balaban J connectivity index is 0.956. The van der Waals surface area contributed by atoms with Crippen molar-refractivity contribution in [1.82, 2.24) is 24.1 Å². The third-order valence-electron chi connectivity index (χ3n) is 14.4. The fourth-order valence-electron chi connectivity index (χ4n) is 10.9. The van der Waals surface area contributed by atoms with E-state index in [4.69, 9.17) is 15.0 Å². The Labute approximate surface area is 428 Å². The number of fused-ring (bicyclic) bond motifs is 6. The molecule has 0 atom stereocenters. The standard InChI is InChI=1S/C69H45N5/c1-4-20-46(21-5-1)49-26-18-27-50(42-49)51-38-40-66(74-63-36-16-12-32-57(63)58-33-13-17-37-64(58)74)60(44-51)52-28-19-29-53(43-52)68-70-67(48-24-8-3-9-25-48)71-69(72-68)54-39-41-65(59(45-54)47-22-6-2-7-23-47)73-61-34-14-10-30-55(61)56-31-11-15-35-62(56)73/h1-45H. The Hall–Kier alpha value is -9.97. The van der Waals surface area contributed by atoms with Gasteiger partial charge in [0.15, 0.2) is 17.5 Å². The molecular weight excluding hydrogens is 899 g/mol. The van der Waals surface area contributed by atoms with Crippen LogP contribution in [0.1, 0.15) is 0 Å². The van der Waals surface area contributed by atoms with Crippen LogP contribution in [-0.2, 0) is 0 Å². The molecule has 11 aromatic carbocycles. The van der Waals surface area contributed by atoms with Crippen molar-refractivity contribution < 1.29 is 0 Å². The quantitative estimate of drug-likeness (QED) is 0.145. The van der Waals surface area contributed by atoms with E-state index in [9.17, 15) is 0 Å². The molecule has 0 aliphatic rings. The van der Waals surface area contributed by atoms with E-state index in [1.54, 1.807) is 0 Å². The van der Waals surface area contributed by atoms with Crippen LogP contribution in [0.25, 0.3) is 134 Å². The SMILES string of the molecule is c1ccc(-c2cccc(-c3ccc(-n4c5ccccc5c5ccccc54)c(-c4cccc(-c5nc(-c6ccccc6)nc(-c6ccc(-n7c8ccccc8c8ccccc87)c(-c7ccccc7)c6)n5)c4)c3)c2)cc1. The zero-order chi connectivity index (χ0) is 49.0. The van der Waals surface area contributed by atoms with Crippen LogP contribution in [0.5, 0.6) is 0 Å². The summed E-state index contributed by atoms with van der Waals surface area (Å²) in [7, 11) is 0. The minimum atomic E-state index is 0.591. The van der Waals surface area contributed by atoms with Crippen molar-refractivity contribution in [3.8, 4) is 90.0 Å². The van der Waals surface area contributed by atoms with Gasteiger partial charge in [-0.1, -0.05) is 206 Å². The molecule has 0 aliphatic carbocycles. The van der Waals surface area contributed by atoms with E-state index in [2.05, 4.69) is 264 Å². The number of benzene rings is 11. The van der Waals surface area contributed by atoms with Gasteiger partial charge in [-0.15, -0.1) is 0 Å². The van der Waals surface area contributed by atoms with E-state index in [0.29, 0.717) is 17.5 Å². The molecule has 0 bridgehead atoms. The second-order valence-electron chi connectivity index (χ2n) is 18.8. The Morgan fingerprint density at radius 2 is 0.514 bits per heavy atom. The van der Waals surface area contributed by atoms with Gasteiger partial charge in [-0.3, -0.25) is 0 Å². The van der Waals surface area contributed by atoms with E-state index in [0.717, 1.165) is 83.5 Å². The maximum atomic E-state index is 5.38. The predicted molar refractivity (Wildman–Crippen MR) is 307 cm³/mol. The average Bonchev–Trinajstić information content (AvgIpc) is 4.00. The summed E-state index contributed by atoms with van der Waals surface area (Å²) in [6.45, 7) is 0. The molecule has 5 heteroatoms. The molecule has 14 rings (SSSR count). The Morgan fingerprint density at radius 1 is 0.203 bits per heavy atom. The molecule has 0 unspecified atom stereocenters. The van der Waals surface area contributed by atoms with Crippen molar-refractivity contribution in [2.75, 3.05) is 0 Å². The van der Waals surface area contributed by atoms with Gasteiger partial charge in [0.25, 0.3) is 0 Å². The minimum Gasteiger partial charge on any atom is -0.309 e. The maximum Gasteiger partial charge on any atom is 0.164 e. The molecule has 0 radical (unpaired) electrons. The topological polar surface area (TPSA) is 48.5 Å². The second kappa shape index (κ2) is 18.0. The Morgan fingerprint density at radius 3 is 1.03 bits per heavy atom. The Bertz CT molecular complexity index is 4310. The third kappa shape index (κ3) is 7.46. The smallest absolute Gasteiger partial charge is 0.164 e. The van der Waals surface area contributed by atoms with Crippen molar-refractivity contribution in [3.63, 3.8) is 0 Å². The maximum absolute atomic E-state index is 5.38. The molecule has 0 spiro atoms. The summed E-state index contributed by atoms with van der Waals surface area (Å²) in [5, 5.41) is 4.86. The third-order valence-corrected chi connectivity index (χ3v) is 14.4. The van der Waals surface area contributed by atoms with Gasteiger partial charge in [-0.25, -0.2) is 15.0 Å². The number of hydrogen-bond donors (Lipinski definition) is 0. The fraction of sp³-hybridized carbons (Fsp3) is 0. The van der Waals surface area contributed by atoms with Gasteiger partial charge in [-0.2, -0.15) is 0 Å². The van der Waals surface area contributed by atoms with Crippen LogP contribution in [0.4, 0.5) is 0 Å². The number of nitrogens with zero attached hydrogens (tertiary/aromatic N) is 5. The minimum absolute atomic E-state index is 0.591. The zero-order valence-corrected chi connectivity index (χ0v) is 40.2. The van der Waals surface area contributed by atoms with Crippen LogP contribution in [0.2, 0.25) is 0 Å². The van der Waals surface area contributed by atoms with Crippen LogP contribution in [0.15, 0.2) is 273 Å². The van der Waals surface area contributed by atoms with Gasteiger partial charge in [0, 0.05) is 49.4 Å². The van der Waals surface area contributed by atoms with Gasteiger partial charge in [0.1, 0.15) is 0 Å². The first-order valence-electron chi connectivity index (χ1n) is 25.1. The number of para-hydroxylation sites is 4. The van der Waals surface area contributed by atoms with Crippen LogP contribution < -0.4 is 0 Å². The molecule has 0 saturated carbocycles. The predicted octanol–water partition coefficient (Wildman–Crippen LogP) is 17.7. The molecule has 74 heavy (non-hydrogen) atoms. The highest BCUT2D eigenvalue weighted by Gasteiger charge is 2.21. The summed E-state index contributed by atoms with van der Waals surface area (Å²) in [6.07, 6.45) is 0. The highest BCUT2D eigenvalue weighted by molar-refractivity contribution is 6.11. The van der Waals surface area contributed by atoms with Crippen molar-refractivity contribution in [2.24, 2.45) is 0 Å². The van der Waals surface area contributed by atoms with Crippen molar-refractivity contribution in [1.29, 1.82) is 0 Å². The summed E-state index contributed by atoms with van der Waals surface area (Å²) in [6, 6.07) is 97.2. The number of rotatable bonds is 9. The number of hydrogen-bond acceptors (Lipinski definition) is 3. The lowest BCUT2D eigenvalue weighted by atomic mass is 9.94. The lowest BCUT2D eigenvalue weighted by Gasteiger charge is -2.17. The molecule has 3 aromatic heterocycles. The first-order valence-corrected chi connectivity index (χ1v) is 25.1. The van der Waals surface area contributed by atoms with E-state index < -0.39 is 0 Å². The summed E-state index contributed by atoms with van der Waals surface area (Å²) >= 11 is 0. The van der Waals surface area contributed by atoms with Crippen LogP contribution >= 0.6 is 0 Å². The molecule has 14 aromatic rings. The molecule has 346 valence electrons. The van der Waals surface area contributed by atoms with E-state index in [1.165, 1.54) is 32.7 Å². The molecule has 0 saturated heterocycles. The van der Waals surface area contributed by atoms with Gasteiger partial charge < -0.3 is 9.13 Å². The van der Waals surface area contributed by atoms with Crippen LogP contribution in [0, 0.1) is 0 Å². The first kappa shape index (κ1) is 42.9. The molecule has 5 nitrogen and oxygen atoms in total. The summed E-state index contributed by atoms with van der Waals surface area (Å²) in [4.78, 5) is 15.9. The molecular formula is C69H45N5. The van der Waals surface area contributed by atoms with Gasteiger partial charge in [-0.05, 0) is 100 Å². The number of aromatic nitrogens is 5. The molecule has 0 aliphatic heterocycles. The van der Waals surface area contributed by atoms with E-state index >= 15 is 0 Å². The summed E-state index contributed by atoms with van der Waals surface area (Å²) in [5.74, 6) is 1.79. The lowest BCUT2D eigenvalue weighted by molar-refractivity contribution is 1.07. The summed E-state index contributed by atoms with van der Waals surface area (Å²) in [5.41, 5.74) is 18.4. The molecule has 0 amide bonds. The average molecular weight is 944 g/mol. The normalized spacial score (nSPS) is 11.5. The summed E-state index contributed by atoms with van der Waals surface area (Å²) < 4.78 is 4.80. The van der Waals surface area contributed by atoms with Crippen molar-refractivity contribution in [2.45, 2.75) is 0 Å². The highest BCUT2D eigenvalue weighted by Crippen LogP contribution is 2.41. The van der Waals surface area contributed by atoms with Crippen molar-refractivity contribution in [3.05, 3.63) is 273 Å². The van der Waals surface area contributed by atoms with Crippen LogP contribution in [-0.4, -0.2) is 24.1 Å². The second-order valence-corrected chi connectivity index (χ2v) is 18.8. The van der Waals surface area contributed by atoms with Gasteiger partial charge in [0.2, 0.25) is 0 Å². The Kier molecular flexibility index (Phi) is 10.4. The van der Waals surface area contributed by atoms with Crippen LogP contribution in [0.3, 0.4) is 0 Å². The highest BCUT2D eigenvalue weighted by atomic mass is 15.0. The van der Waals surface area contributed by atoms with Crippen molar-refractivity contribution >= 4 is 43.6 Å². The van der Waals surface area contributed by atoms with E-state index in [1.807, 2.05) is 18.2 Å². The van der Waals surface area contributed by atoms with Gasteiger partial charge in [0.05, 0.1) is 33.4 Å². The zero-order valence-electron chi connectivity index (χ0n) is 40.2. The lowest BCUT2D eigenvalue weighted by Crippen LogP contribution is -2.02. The largest absolute Gasteiger partial charge is 0.309 e.